The van der Waals surface area contributed by atoms with Gasteiger partial charge in [0.2, 0.25) is 11.8 Å². The van der Waals surface area contributed by atoms with Crippen LogP contribution in [0, 0.1) is 25.7 Å². The number of rotatable bonds is 5. The van der Waals surface area contributed by atoms with Gasteiger partial charge in [-0.05, 0) is 55.7 Å². The van der Waals surface area contributed by atoms with Crippen molar-refractivity contribution >= 4 is 28.9 Å². The van der Waals surface area contributed by atoms with Crippen LogP contribution in [-0.4, -0.2) is 38.1 Å². The highest BCUT2D eigenvalue weighted by Crippen LogP contribution is 2.41. The molecule has 1 aliphatic carbocycles. The average Bonchev–Trinajstić information content (AvgIpc) is 3.49. The Balaban J connectivity index is 1.37. The third-order valence-electron chi connectivity index (χ3n) is 5.47. The molecule has 2 amide bonds. The Morgan fingerprint density at radius 3 is 2.24 bits per heavy atom. The van der Waals surface area contributed by atoms with Gasteiger partial charge >= 0.3 is 0 Å². The minimum absolute atomic E-state index is 0.0865. The summed E-state index contributed by atoms with van der Waals surface area (Å²) in [6.07, 6.45) is 0.586. The van der Waals surface area contributed by atoms with Crippen molar-refractivity contribution in [2.75, 3.05) is 41.8 Å². The summed E-state index contributed by atoms with van der Waals surface area (Å²) in [5.41, 5.74) is 4.78. The summed E-state index contributed by atoms with van der Waals surface area (Å²) in [7, 11) is 0. The van der Waals surface area contributed by atoms with Gasteiger partial charge in [0.15, 0.2) is 0 Å². The summed E-state index contributed by atoms with van der Waals surface area (Å²) in [5.74, 6) is -0.729. The lowest BCUT2D eigenvalue weighted by atomic mass is 10.1. The maximum absolute atomic E-state index is 12.8. The van der Waals surface area contributed by atoms with Gasteiger partial charge in [-0.3, -0.25) is 9.59 Å². The van der Waals surface area contributed by atoms with Gasteiger partial charge in [-0.2, -0.15) is 0 Å². The van der Waals surface area contributed by atoms with Crippen molar-refractivity contribution < 1.29 is 14.3 Å². The maximum atomic E-state index is 12.8. The average molecular weight is 393 g/mol. The molecule has 0 spiro atoms. The van der Waals surface area contributed by atoms with E-state index in [0.29, 0.717) is 19.6 Å². The second-order valence-corrected chi connectivity index (χ2v) is 7.92. The van der Waals surface area contributed by atoms with E-state index in [9.17, 15) is 9.59 Å². The number of para-hydroxylation sites is 2. The molecule has 2 fully saturated rings. The molecule has 2 unspecified atom stereocenters. The van der Waals surface area contributed by atoms with Gasteiger partial charge in [-0.1, -0.05) is 18.2 Å². The first kappa shape index (κ1) is 19.5. The van der Waals surface area contributed by atoms with E-state index < -0.39 is 0 Å². The van der Waals surface area contributed by atoms with E-state index in [1.807, 2.05) is 50.2 Å². The van der Waals surface area contributed by atoms with Gasteiger partial charge in [0.1, 0.15) is 0 Å². The van der Waals surface area contributed by atoms with E-state index >= 15 is 0 Å². The van der Waals surface area contributed by atoms with Crippen molar-refractivity contribution in [3.05, 3.63) is 53.6 Å². The summed E-state index contributed by atoms with van der Waals surface area (Å²) in [6, 6.07) is 13.8. The molecule has 2 N–H and O–H groups in total. The number of hydrogen-bond donors (Lipinski definition) is 2. The van der Waals surface area contributed by atoms with Crippen LogP contribution in [0.15, 0.2) is 42.5 Å². The van der Waals surface area contributed by atoms with Gasteiger partial charge < -0.3 is 20.3 Å². The second-order valence-electron chi connectivity index (χ2n) is 7.92. The second kappa shape index (κ2) is 8.25. The Morgan fingerprint density at radius 1 is 0.931 bits per heavy atom. The number of carbonyl (C=O) groups excluding carboxylic acids is 2. The molecule has 1 saturated carbocycles. The molecule has 29 heavy (non-hydrogen) atoms. The first-order valence-corrected chi connectivity index (χ1v) is 10.1. The maximum Gasteiger partial charge on any atom is 0.228 e. The van der Waals surface area contributed by atoms with Crippen LogP contribution in [0.5, 0.6) is 0 Å². The van der Waals surface area contributed by atoms with Crippen molar-refractivity contribution in [2.45, 2.75) is 20.3 Å². The Hall–Kier alpha value is -2.86. The summed E-state index contributed by atoms with van der Waals surface area (Å²) >= 11 is 0. The summed E-state index contributed by atoms with van der Waals surface area (Å²) in [6.45, 7) is 6.98. The zero-order valence-corrected chi connectivity index (χ0v) is 16.9. The van der Waals surface area contributed by atoms with Gasteiger partial charge in [0, 0.05) is 18.8 Å². The molecule has 0 bridgehead atoms. The lowest BCUT2D eigenvalue weighted by molar-refractivity contribution is -0.122. The number of carbonyl (C=O) groups is 2. The Kier molecular flexibility index (Phi) is 5.53. The fourth-order valence-electron chi connectivity index (χ4n) is 3.94. The van der Waals surface area contributed by atoms with Crippen LogP contribution in [-0.2, 0) is 14.3 Å². The molecule has 1 heterocycles. The van der Waals surface area contributed by atoms with Crippen LogP contribution in [0.25, 0.3) is 0 Å². The highest BCUT2D eigenvalue weighted by molar-refractivity contribution is 6.04. The highest BCUT2D eigenvalue weighted by Gasteiger charge is 2.48. The smallest absolute Gasteiger partial charge is 0.228 e. The molecule has 6 nitrogen and oxygen atoms in total. The molecule has 2 aliphatic rings. The van der Waals surface area contributed by atoms with Crippen molar-refractivity contribution in [1.29, 1.82) is 0 Å². The first-order valence-electron chi connectivity index (χ1n) is 10.1. The molecule has 1 aliphatic heterocycles. The number of nitrogens with zero attached hydrogens (tertiary/aromatic N) is 1. The van der Waals surface area contributed by atoms with Crippen molar-refractivity contribution in [1.82, 2.24) is 0 Å². The zero-order valence-electron chi connectivity index (χ0n) is 16.9. The van der Waals surface area contributed by atoms with Gasteiger partial charge in [0.05, 0.1) is 36.4 Å². The molecule has 0 aromatic heterocycles. The van der Waals surface area contributed by atoms with E-state index in [1.54, 1.807) is 0 Å². The van der Waals surface area contributed by atoms with Crippen molar-refractivity contribution in [3.8, 4) is 0 Å². The summed E-state index contributed by atoms with van der Waals surface area (Å²) in [5, 5.41) is 5.99. The molecule has 0 radical (unpaired) electrons. The Morgan fingerprint density at radius 2 is 1.55 bits per heavy atom. The highest BCUT2D eigenvalue weighted by atomic mass is 16.5. The van der Waals surface area contributed by atoms with Crippen LogP contribution in [0.1, 0.15) is 17.5 Å². The number of morpholine rings is 1. The monoisotopic (exact) mass is 393 g/mol. The predicted octanol–water partition coefficient (Wildman–Crippen LogP) is 3.35. The van der Waals surface area contributed by atoms with E-state index in [2.05, 4.69) is 21.6 Å². The van der Waals surface area contributed by atoms with Gasteiger partial charge in [0.25, 0.3) is 0 Å². The molecule has 1 saturated heterocycles. The summed E-state index contributed by atoms with van der Waals surface area (Å²) in [4.78, 5) is 27.5. The number of nitrogens with one attached hydrogen (secondary N) is 2. The number of benzene rings is 2. The molecule has 2 aromatic carbocycles. The SMILES string of the molecule is Cc1cc(C)cc(NC(=O)C2CC2C(=O)Nc2ccccc2N2CCOCC2)c1. The minimum atomic E-state index is -0.279. The van der Waals surface area contributed by atoms with Crippen LogP contribution in [0.4, 0.5) is 17.1 Å². The number of ether oxygens (including phenoxy) is 1. The topological polar surface area (TPSA) is 70.7 Å². The quantitative estimate of drug-likeness (QED) is 0.817. The van der Waals surface area contributed by atoms with Gasteiger partial charge in [-0.25, -0.2) is 0 Å². The third-order valence-corrected chi connectivity index (χ3v) is 5.47. The molecule has 6 heteroatoms. The molecule has 2 atom stereocenters. The van der Waals surface area contributed by atoms with Gasteiger partial charge in [-0.15, -0.1) is 0 Å². The number of aryl methyl sites for hydroxylation is 2. The van der Waals surface area contributed by atoms with E-state index in [-0.39, 0.29) is 23.7 Å². The van der Waals surface area contributed by atoms with Crippen LogP contribution in [0.3, 0.4) is 0 Å². The third kappa shape index (κ3) is 4.59. The minimum Gasteiger partial charge on any atom is -0.378 e. The van der Waals surface area contributed by atoms with Crippen molar-refractivity contribution in [2.24, 2.45) is 11.8 Å². The van der Waals surface area contributed by atoms with E-state index in [1.165, 1.54) is 0 Å². The number of amides is 2. The molecular weight excluding hydrogens is 366 g/mol. The predicted molar refractivity (Wildman–Crippen MR) is 114 cm³/mol. The van der Waals surface area contributed by atoms with Crippen LogP contribution in [0.2, 0.25) is 0 Å². The standard InChI is InChI=1S/C23H27N3O3/c1-15-11-16(2)13-17(12-15)24-22(27)18-14-19(18)23(28)25-20-5-3-4-6-21(20)26-7-9-29-10-8-26/h3-6,11-13,18-19H,7-10,14H2,1-2H3,(H,24,27)(H,25,28). The number of anilines is 3. The molecular formula is C23H27N3O3. The fraction of sp³-hybridized carbons (Fsp3) is 0.391. The fourth-order valence-corrected chi connectivity index (χ4v) is 3.94. The first-order chi connectivity index (χ1) is 14.0. The lowest BCUT2D eigenvalue weighted by Gasteiger charge is -2.30. The Bertz CT molecular complexity index is 901. The number of hydrogen-bond acceptors (Lipinski definition) is 4. The Labute approximate surface area is 171 Å². The zero-order chi connectivity index (χ0) is 20.4. The van der Waals surface area contributed by atoms with E-state index in [0.717, 1.165) is 41.3 Å². The largest absolute Gasteiger partial charge is 0.378 e. The summed E-state index contributed by atoms with van der Waals surface area (Å²) < 4.78 is 5.42. The molecule has 2 aromatic rings. The van der Waals surface area contributed by atoms with Crippen molar-refractivity contribution in [3.63, 3.8) is 0 Å². The van der Waals surface area contributed by atoms with Crippen LogP contribution < -0.4 is 15.5 Å². The lowest BCUT2D eigenvalue weighted by Crippen LogP contribution is -2.36. The normalized spacial score (nSPS) is 20.8. The molecule has 4 rings (SSSR count). The van der Waals surface area contributed by atoms with Crippen LogP contribution >= 0.6 is 0 Å². The molecule has 152 valence electrons. The van der Waals surface area contributed by atoms with E-state index in [4.69, 9.17) is 4.74 Å².